The topological polar surface area (TPSA) is 38.5 Å². The number of alkyl halides is 3. The molecule has 0 heterocycles. The molecule has 0 atom stereocenters. The van der Waals surface area contributed by atoms with Gasteiger partial charge in [0.25, 0.3) is 0 Å². The van der Waals surface area contributed by atoms with E-state index in [1.54, 1.807) is 18.2 Å². The summed E-state index contributed by atoms with van der Waals surface area (Å²) in [6.07, 6.45) is -4.18. The van der Waals surface area contributed by atoms with Gasteiger partial charge in [-0.15, -0.1) is 0 Å². The fraction of sp³-hybridized carbons (Fsp3) is 0.500. The highest BCUT2D eigenvalue weighted by Crippen LogP contribution is 2.22. The van der Waals surface area contributed by atoms with Crippen LogP contribution in [0.1, 0.15) is 11.1 Å². The Balaban J connectivity index is 2.73. The van der Waals surface area contributed by atoms with Crippen molar-refractivity contribution < 1.29 is 17.9 Å². The number of nitrogens with two attached hydrogens (primary N) is 1. The maximum atomic E-state index is 12.2. The molecular weight excluding hydrogens is 245 g/mol. The average molecular weight is 262 g/mol. The molecule has 6 heteroatoms. The zero-order valence-electron chi connectivity index (χ0n) is 10.4. The van der Waals surface area contributed by atoms with Crippen LogP contribution >= 0.6 is 0 Å². The number of ether oxygens (including phenoxy) is 1. The van der Waals surface area contributed by atoms with Crippen LogP contribution in [0.15, 0.2) is 18.2 Å². The average Bonchev–Trinajstić information content (AvgIpc) is 2.26. The lowest BCUT2D eigenvalue weighted by molar-refractivity contribution is -0.144. The number of hydrogen-bond acceptors (Lipinski definition) is 3. The zero-order valence-corrected chi connectivity index (χ0v) is 10.4. The molecule has 0 bridgehead atoms. The molecule has 1 rings (SSSR count). The van der Waals surface area contributed by atoms with Gasteiger partial charge >= 0.3 is 6.18 Å². The largest absolute Gasteiger partial charge is 0.496 e. The molecule has 102 valence electrons. The minimum atomic E-state index is -4.18. The highest BCUT2D eigenvalue weighted by atomic mass is 19.4. The SMILES string of the molecule is COc1cc(CN(C)CC(F)(F)F)ccc1CN. The number of hydrogen-bond donors (Lipinski definition) is 1. The summed E-state index contributed by atoms with van der Waals surface area (Å²) in [5.74, 6) is 0.607. The maximum absolute atomic E-state index is 12.2. The summed E-state index contributed by atoms with van der Waals surface area (Å²) in [5.41, 5.74) is 7.11. The first-order valence-electron chi connectivity index (χ1n) is 5.47. The van der Waals surface area contributed by atoms with Crippen molar-refractivity contribution in [3.05, 3.63) is 29.3 Å². The summed E-state index contributed by atoms with van der Waals surface area (Å²) >= 11 is 0. The summed E-state index contributed by atoms with van der Waals surface area (Å²) in [6, 6.07) is 5.25. The molecule has 0 unspecified atom stereocenters. The van der Waals surface area contributed by atoms with Crippen molar-refractivity contribution >= 4 is 0 Å². The van der Waals surface area contributed by atoms with Gasteiger partial charge in [-0.1, -0.05) is 12.1 Å². The second-order valence-corrected chi connectivity index (χ2v) is 4.14. The predicted octanol–water partition coefficient (Wildman–Crippen LogP) is 2.15. The lowest BCUT2D eigenvalue weighted by Gasteiger charge is -2.19. The molecule has 0 aliphatic heterocycles. The maximum Gasteiger partial charge on any atom is 0.401 e. The smallest absolute Gasteiger partial charge is 0.401 e. The molecule has 0 aromatic heterocycles. The Labute approximate surface area is 104 Å². The van der Waals surface area contributed by atoms with Crippen LogP contribution < -0.4 is 10.5 Å². The van der Waals surface area contributed by atoms with Crippen LogP contribution in [-0.4, -0.2) is 31.8 Å². The quantitative estimate of drug-likeness (QED) is 0.883. The molecule has 0 spiro atoms. The van der Waals surface area contributed by atoms with Gasteiger partial charge in [-0.2, -0.15) is 13.2 Å². The first-order chi connectivity index (χ1) is 8.35. The van der Waals surface area contributed by atoms with Gasteiger partial charge in [0.2, 0.25) is 0 Å². The van der Waals surface area contributed by atoms with Crippen molar-refractivity contribution in [2.24, 2.45) is 5.73 Å². The van der Waals surface area contributed by atoms with E-state index in [1.807, 2.05) is 0 Å². The molecule has 0 amide bonds. The van der Waals surface area contributed by atoms with Gasteiger partial charge in [-0.3, -0.25) is 4.90 Å². The summed E-state index contributed by atoms with van der Waals surface area (Å²) in [7, 11) is 2.94. The lowest BCUT2D eigenvalue weighted by Crippen LogP contribution is -2.30. The molecular formula is C12H17F3N2O. The van der Waals surface area contributed by atoms with Crippen molar-refractivity contribution in [3.63, 3.8) is 0 Å². The second-order valence-electron chi connectivity index (χ2n) is 4.14. The van der Waals surface area contributed by atoms with Crippen LogP contribution in [0.2, 0.25) is 0 Å². The van der Waals surface area contributed by atoms with E-state index in [4.69, 9.17) is 10.5 Å². The summed E-state index contributed by atoms with van der Waals surface area (Å²) < 4.78 is 41.7. The van der Waals surface area contributed by atoms with Crippen LogP contribution in [0.5, 0.6) is 5.75 Å². The van der Waals surface area contributed by atoms with E-state index in [9.17, 15) is 13.2 Å². The standard InChI is InChI=1S/C12H17F3N2O/c1-17(8-12(13,14)15)7-9-3-4-10(6-16)11(5-9)18-2/h3-5H,6-8,16H2,1-2H3. The van der Waals surface area contributed by atoms with E-state index in [2.05, 4.69) is 0 Å². The van der Waals surface area contributed by atoms with E-state index in [0.717, 1.165) is 11.1 Å². The Morgan fingerprint density at radius 2 is 2.00 bits per heavy atom. The third kappa shape index (κ3) is 4.54. The summed E-state index contributed by atoms with van der Waals surface area (Å²) in [5, 5.41) is 0. The minimum Gasteiger partial charge on any atom is -0.496 e. The number of benzene rings is 1. The highest BCUT2D eigenvalue weighted by molar-refractivity contribution is 5.37. The van der Waals surface area contributed by atoms with E-state index < -0.39 is 12.7 Å². The molecule has 18 heavy (non-hydrogen) atoms. The number of nitrogens with zero attached hydrogens (tertiary/aromatic N) is 1. The molecule has 0 fully saturated rings. The number of halogens is 3. The fourth-order valence-electron chi connectivity index (χ4n) is 1.73. The zero-order chi connectivity index (χ0) is 13.8. The van der Waals surface area contributed by atoms with Gasteiger partial charge in [-0.25, -0.2) is 0 Å². The van der Waals surface area contributed by atoms with Crippen LogP contribution in [0.4, 0.5) is 13.2 Å². The van der Waals surface area contributed by atoms with Gasteiger partial charge < -0.3 is 10.5 Å². The molecule has 0 saturated carbocycles. The lowest BCUT2D eigenvalue weighted by atomic mass is 10.1. The van der Waals surface area contributed by atoms with Crippen LogP contribution in [0.3, 0.4) is 0 Å². The fourth-order valence-corrected chi connectivity index (χ4v) is 1.73. The van der Waals surface area contributed by atoms with Crippen LogP contribution in [0.25, 0.3) is 0 Å². The van der Waals surface area contributed by atoms with Crippen LogP contribution in [0, 0.1) is 0 Å². The molecule has 1 aromatic rings. The number of rotatable bonds is 5. The third-order valence-corrected chi connectivity index (χ3v) is 2.47. The Hall–Kier alpha value is -1.27. The van der Waals surface area contributed by atoms with Crippen molar-refractivity contribution in [2.75, 3.05) is 20.7 Å². The van der Waals surface area contributed by atoms with Crippen molar-refractivity contribution in [2.45, 2.75) is 19.3 Å². The van der Waals surface area contributed by atoms with Crippen molar-refractivity contribution in [1.29, 1.82) is 0 Å². The molecule has 1 aromatic carbocycles. The van der Waals surface area contributed by atoms with E-state index in [-0.39, 0.29) is 6.54 Å². The van der Waals surface area contributed by atoms with Gasteiger partial charge in [-0.05, 0) is 18.7 Å². The van der Waals surface area contributed by atoms with E-state index in [0.29, 0.717) is 12.3 Å². The highest BCUT2D eigenvalue weighted by Gasteiger charge is 2.29. The monoisotopic (exact) mass is 262 g/mol. The van der Waals surface area contributed by atoms with E-state index >= 15 is 0 Å². The predicted molar refractivity (Wildman–Crippen MR) is 63.3 cm³/mol. The Bertz CT molecular complexity index is 393. The first-order valence-corrected chi connectivity index (χ1v) is 5.47. The van der Waals surface area contributed by atoms with Gasteiger partial charge in [0.15, 0.2) is 0 Å². The molecule has 0 aliphatic carbocycles. The minimum absolute atomic E-state index is 0.209. The normalized spacial score (nSPS) is 11.9. The van der Waals surface area contributed by atoms with Gasteiger partial charge in [0, 0.05) is 18.7 Å². The van der Waals surface area contributed by atoms with Gasteiger partial charge in [0.05, 0.1) is 13.7 Å². The summed E-state index contributed by atoms with van der Waals surface area (Å²) in [4.78, 5) is 1.21. The Morgan fingerprint density at radius 1 is 1.33 bits per heavy atom. The van der Waals surface area contributed by atoms with E-state index in [1.165, 1.54) is 19.1 Å². The van der Waals surface area contributed by atoms with Gasteiger partial charge in [0.1, 0.15) is 5.75 Å². The van der Waals surface area contributed by atoms with Crippen molar-refractivity contribution in [1.82, 2.24) is 4.90 Å². The number of methoxy groups -OCH3 is 1. The first kappa shape index (κ1) is 14.8. The molecule has 2 N–H and O–H groups in total. The Morgan fingerprint density at radius 3 is 2.50 bits per heavy atom. The summed E-state index contributed by atoms with van der Waals surface area (Å²) in [6.45, 7) is -0.392. The van der Waals surface area contributed by atoms with Crippen LogP contribution in [-0.2, 0) is 13.1 Å². The third-order valence-electron chi connectivity index (χ3n) is 2.47. The molecule has 0 radical (unpaired) electrons. The second kappa shape index (κ2) is 6.06. The van der Waals surface area contributed by atoms with Crippen molar-refractivity contribution in [3.8, 4) is 5.75 Å². The molecule has 3 nitrogen and oxygen atoms in total. The Kier molecular flexibility index (Phi) is 4.98. The molecule has 0 aliphatic rings. The molecule has 0 saturated heterocycles.